The maximum atomic E-state index is 10.8. The zero-order chi connectivity index (χ0) is 13.4. The van der Waals surface area contributed by atoms with Crippen LogP contribution in [0.3, 0.4) is 0 Å². The number of aryl methyl sites for hydroxylation is 1. The highest BCUT2D eigenvalue weighted by atomic mass is 35.5. The highest BCUT2D eigenvalue weighted by molar-refractivity contribution is 7.86. The summed E-state index contributed by atoms with van der Waals surface area (Å²) in [5.41, 5.74) is 7.14. The van der Waals surface area contributed by atoms with E-state index in [1.165, 1.54) is 0 Å². The Balaban J connectivity index is 0.000000557. The second-order valence-electron chi connectivity index (χ2n) is 2.79. The smallest absolute Gasteiger partial charge is 0.248 e. The molecule has 0 spiro atoms. The number of nitrogens with zero attached hydrogens (tertiary/aromatic N) is 1. The van der Waals surface area contributed by atoms with Crippen LogP contribution in [0.4, 0.5) is 5.69 Å². The predicted molar refractivity (Wildman–Crippen MR) is 78.7 cm³/mol. The van der Waals surface area contributed by atoms with Crippen LogP contribution in [0.1, 0.15) is 15.9 Å². The zero-order valence-corrected chi connectivity index (χ0v) is 11.9. The van der Waals surface area contributed by atoms with Gasteiger partial charge >= 0.3 is 0 Å². The van der Waals surface area contributed by atoms with Crippen LogP contribution in [0.5, 0.6) is 0 Å². The lowest BCUT2D eigenvalue weighted by Gasteiger charge is -2.00. The minimum absolute atomic E-state index is 0.0556. The summed E-state index contributed by atoms with van der Waals surface area (Å²) in [6, 6.07) is 4.98. The predicted octanol–water partition coefficient (Wildman–Crippen LogP) is 3.58. The number of rotatable bonds is 2. The number of aliphatic imine (C=N–C) groups is 1. The van der Waals surface area contributed by atoms with E-state index in [1.807, 2.05) is 6.92 Å². The highest BCUT2D eigenvalue weighted by Gasteiger charge is 2.02. The molecule has 0 aliphatic rings. The first kappa shape index (κ1) is 16.2. The number of primary amides is 1. The van der Waals surface area contributed by atoms with Crippen LogP contribution in [-0.2, 0) is 0 Å². The Morgan fingerprint density at radius 1 is 1.47 bits per heavy atom. The van der Waals surface area contributed by atoms with Crippen molar-refractivity contribution in [2.75, 3.05) is 0 Å². The lowest BCUT2D eigenvalue weighted by Crippen LogP contribution is -2.10. The summed E-state index contributed by atoms with van der Waals surface area (Å²) in [4.78, 5) is 14.6. The SMILES string of the molecule is Cc1cc(C(N)=O)ccc1N=C=S.S=C(Cl)Cl. The average molecular weight is 307 g/mol. The third kappa shape index (κ3) is 7.15. The Labute approximate surface area is 120 Å². The fourth-order valence-corrected chi connectivity index (χ4v) is 1.08. The molecule has 0 saturated carbocycles. The van der Waals surface area contributed by atoms with E-state index in [9.17, 15) is 4.79 Å². The van der Waals surface area contributed by atoms with Gasteiger partial charge in [-0.1, -0.05) is 35.4 Å². The molecule has 0 aliphatic carbocycles. The number of amides is 1. The molecule has 0 unspecified atom stereocenters. The van der Waals surface area contributed by atoms with Crippen LogP contribution in [0.2, 0.25) is 0 Å². The Hall–Kier alpha value is -0.840. The van der Waals surface area contributed by atoms with Crippen LogP contribution in [0, 0.1) is 6.92 Å². The molecule has 7 heteroatoms. The molecule has 0 heterocycles. The molecule has 0 atom stereocenters. The van der Waals surface area contributed by atoms with Crippen molar-refractivity contribution in [1.82, 2.24) is 0 Å². The van der Waals surface area contributed by atoms with Crippen molar-refractivity contribution in [1.29, 1.82) is 0 Å². The average Bonchev–Trinajstić information content (AvgIpc) is 2.20. The Morgan fingerprint density at radius 2 is 2.00 bits per heavy atom. The van der Waals surface area contributed by atoms with Crippen molar-refractivity contribution in [3.8, 4) is 0 Å². The number of halogens is 2. The van der Waals surface area contributed by atoms with Crippen LogP contribution < -0.4 is 5.73 Å². The third-order valence-electron chi connectivity index (χ3n) is 1.65. The molecule has 17 heavy (non-hydrogen) atoms. The van der Waals surface area contributed by atoms with Gasteiger partial charge in [0.1, 0.15) is 0 Å². The topological polar surface area (TPSA) is 55.5 Å². The van der Waals surface area contributed by atoms with Crippen LogP contribution in [0.25, 0.3) is 0 Å². The van der Waals surface area contributed by atoms with Crippen LogP contribution >= 0.6 is 47.6 Å². The minimum Gasteiger partial charge on any atom is -0.366 e. The number of isothiocyanates is 1. The van der Waals surface area contributed by atoms with Crippen LogP contribution in [-0.4, -0.2) is 14.9 Å². The van der Waals surface area contributed by atoms with Crippen molar-refractivity contribution in [2.45, 2.75) is 6.92 Å². The fraction of sp³-hybridized carbons (Fsp3) is 0.100. The normalized spacial score (nSPS) is 8.41. The summed E-state index contributed by atoms with van der Waals surface area (Å²) in [5, 5.41) is 2.27. The summed E-state index contributed by atoms with van der Waals surface area (Å²) in [6.07, 6.45) is 0. The monoisotopic (exact) mass is 306 g/mol. The first-order chi connectivity index (χ1) is 7.88. The van der Waals surface area contributed by atoms with Gasteiger partial charge < -0.3 is 5.73 Å². The molecule has 90 valence electrons. The number of hydrogen-bond donors (Lipinski definition) is 1. The first-order valence-corrected chi connectivity index (χ1v) is 5.79. The van der Waals surface area contributed by atoms with E-state index in [0.717, 1.165) is 5.56 Å². The van der Waals surface area contributed by atoms with E-state index >= 15 is 0 Å². The Morgan fingerprint density at radius 3 is 2.35 bits per heavy atom. The summed E-state index contributed by atoms with van der Waals surface area (Å²) < 4.78 is -0.0556. The van der Waals surface area contributed by atoms with Gasteiger partial charge in [-0.05, 0) is 42.9 Å². The molecule has 0 aliphatic heterocycles. The van der Waals surface area contributed by atoms with E-state index in [4.69, 9.17) is 28.9 Å². The van der Waals surface area contributed by atoms with Gasteiger partial charge in [-0.2, -0.15) is 4.99 Å². The highest BCUT2D eigenvalue weighted by Crippen LogP contribution is 2.18. The summed E-state index contributed by atoms with van der Waals surface area (Å²) in [5.74, 6) is -0.444. The van der Waals surface area contributed by atoms with Crippen molar-refractivity contribution < 1.29 is 4.79 Å². The quantitative estimate of drug-likeness (QED) is 0.516. The standard InChI is InChI=1S/C9H8N2OS.CCl2S/c1-6-4-7(9(10)12)2-3-8(6)11-5-13;2-1(3)4/h2-4H,1H3,(H2,10,12);. The van der Waals surface area contributed by atoms with Gasteiger partial charge in [0.25, 0.3) is 0 Å². The number of carbonyl (C=O) groups is 1. The van der Waals surface area contributed by atoms with Gasteiger partial charge in [-0.25, -0.2) is 0 Å². The Bertz CT molecular complexity index is 481. The van der Waals surface area contributed by atoms with E-state index < -0.39 is 5.91 Å². The molecular weight excluding hydrogens is 299 g/mol. The molecule has 0 aromatic heterocycles. The molecule has 2 N–H and O–H groups in total. The van der Waals surface area contributed by atoms with E-state index in [2.05, 4.69) is 34.6 Å². The fourth-order valence-electron chi connectivity index (χ4n) is 0.983. The number of thiocarbonyl (C=S) groups is 2. The third-order valence-corrected chi connectivity index (χ3v) is 1.74. The van der Waals surface area contributed by atoms with E-state index in [0.29, 0.717) is 11.3 Å². The first-order valence-electron chi connectivity index (χ1n) is 4.21. The molecule has 0 saturated heterocycles. The number of carbonyl (C=O) groups excluding carboxylic acids is 1. The largest absolute Gasteiger partial charge is 0.366 e. The zero-order valence-electron chi connectivity index (χ0n) is 8.74. The summed E-state index contributed by atoms with van der Waals surface area (Å²) in [6.45, 7) is 1.83. The second kappa shape index (κ2) is 8.28. The molecule has 0 fully saturated rings. The maximum Gasteiger partial charge on any atom is 0.248 e. The Kier molecular flexibility index (Phi) is 7.87. The molecule has 0 bridgehead atoms. The van der Waals surface area contributed by atoms with Crippen molar-refractivity contribution >= 4 is 68.2 Å². The molecule has 3 nitrogen and oxygen atoms in total. The molecule has 1 amide bonds. The number of benzene rings is 1. The minimum atomic E-state index is -0.444. The van der Waals surface area contributed by atoms with Crippen molar-refractivity contribution in [3.05, 3.63) is 29.3 Å². The molecular formula is C10H8Cl2N2OS2. The second-order valence-corrected chi connectivity index (χ2v) is 4.78. The lowest BCUT2D eigenvalue weighted by molar-refractivity contribution is 0.100. The number of hydrogen-bond acceptors (Lipinski definition) is 4. The van der Waals surface area contributed by atoms with Gasteiger partial charge in [0, 0.05) is 5.56 Å². The summed E-state index contributed by atoms with van der Waals surface area (Å²) >= 11 is 18.1. The van der Waals surface area contributed by atoms with Gasteiger partial charge in [-0.3, -0.25) is 4.79 Å². The molecule has 1 aromatic rings. The number of nitrogens with two attached hydrogens (primary N) is 1. The van der Waals surface area contributed by atoms with Crippen molar-refractivity contribution in [3.63, 3.8) is 0 Å². The van der Waals surface area contributed by atoms with Crippen LogP contribution in [0.15, 0.2) is 23.2 Å². The van der Waals surface area contributed by atoms with E-state index in [1.54, 1.807) is 18.2 Å². The maximum absolute atomic E-state index is 10.8. The van der Waals surface area contributed by atoms with Gasteiger partial charge in [-0.15, -0.1) is 0 Å². The van der Waals surface area contributed by atoms with Gasteiger partial charge in [0.2, 0.25) is 5.91 Å². The van der Waals surface area contributed by atoms with Gasteiger partial charge in [0.15, 0.2) is 3.78 Å². The molecule has 1 rings (SSSR count). The lowest BCUT2D eigenvalue weighted by atomic mass is 10.1. The molecule has 0 radical (unpaired) electrons. The van der Waals surface area contributed by atoms with Crippen molar-refractivity contribution in [2.24, 2.45) is 10.7 Å². The summed E-state index contributed by atoms with van der Waals surface area (Å²) in [7, 11) is 0. The molecule has 1 aromatic carbocycles. The van der Waals surface area contributed by atoms with E-state index in [-0.39, 0.29) is 3.78 Å². The van der Waals surface area contributed by atoms with Gasteiger partial charge in [0.05, 0.1) is 10.8 Å².